The fourth-order valence-corrected chi connectivity index (χ4v) is 3.53. The van der Waals surface area contributed by atoms with Gasteiger partial charge in [-0.2, -0.15) is 9.61 Å². The maximum Gasteiger partial charge on any atom is 0.172 e. The molecular weight excluding hydrogens is 432 g/mol. The maximum atomic E-state index is 10.5. The molecule has 8 heteroatoms. The number of aryl methyl sites for hydroxylation is 2. The molecule has 0 amide bonds. The van der Waals surface area contributed by atoms with Crippen LogP contribution < -0.4 is 5.32 Å². The zero-order valence-corrected chi connectivity index (χ0v) is 18.4. The first-order valence-electron chi connectivity index (χ1n) is 9.33. The summed E-state index contributed by atoms with van der Waals surface area (Å²) in [5, 5.41) is 18.5. The molecule has 0 aliphatic carbocycles. The van der Waals surface area contributed by atoms with Crippen molar-refractivity contribution in [2.45, 2.75) is 32.9 Å². The Balaban J connectivity index is 1.68. The van der Waals surface area contributed by atoms with Gasteiger partial charge in [-0.3, -0.25) is 0 Å². The molecule has 150 valence electrons. The van der Waals surface area contributed by atoms with Crippen molar-refractivity contribution in [3.8, 4) is 11.4 Å². The minimum Gasteiger partial charge on any atom is -0.384 e. The topological polar surface area (TPSA) is 80.3 Å². The number of aromatic nitrogens is 5. The quantitative estimate of drug-likeness (QED) is 0.475. The van der Waals surface area contributed by atoms with Crippen LogP contribution in [0, 0.1) is 6.92 Å². The summed E-state index contributed by atoms with van der Waals surface area (Å²) in [6, 6.07) is 10.1. The van der Waals surface area contributed by atoms with Crippen LogP contribution in [-0.2, 0) is 19.2 Å². The average molecular weight is 455 g/mol. The largest absolute Gasteiger partial charge is 0.384 e. The highest BCUT2D eigenvalue weighted by atomic mass is 79.9. The second-order valence-electron chi connectivity index (χ2n) is 7.64. The lowest BCUT2D eigenvalue weighted by Crippen LogP contribution is -2.19. The van der Waals surface area contributed by atoms with E-state index < -0.39 is 5.60 Å². The molecule has 2 N–H and O–H groups in total. The van der Waals surface area contributed by atoms with E-state index in [2.05, 4.69) is 54.5 Å². The van der Waals surface area contributed by atoms with Gasteiger partial charge in [0.05, 0.1) is 15.9 Å². The number of fused-ring (bicyclic) bond motifs is 1. The van der Waals surface area contributed by atoms with E-state index in [1.165, 1.54) is 0 Å². The molecule has 0 saturated heterocycles. The predicted octanol–water partition coefficient (Wildman–Crippen LogP) is 4.04. The van der Waals surface area contributed by atoms with E-state index >= 15 is 0 Å². The highest BCUT2D eigenvalue weighted by Crippen LogP contribution is 2.28. The van der Waals surface area contributed by atoms with Gasteiger partial charge in [-0.15, -0.1) is 0 Å². The van der Waals surface area contributed by atoms with Crippen LogP contribution in [0.5, 0.6) is 0 Å². The molecular formula is C21H23BrN6O. The number of anilines is 1. The van der Waals surface area contributed by atoms with Crippen LogP contribution in [0.25, 0.3) is 17.0 Å². The molecule has 3 aromatic heterocycles. The molecule has 29 heavy (non-hydrogen) atoms. The van der Waals surface area contributed by atoms with Crippen molar-refractivity contribution in [1.29, 1.82) is 0 Å². The van der Waals surface area contributed by atoms with Gasteiger partial charge in [-0.05, 0) is 48.3 Å². The number of halogens is 1. The lowest BCUT2D eigenvalue weighted by Gasteiger charge is -2.19. The van der Waals surface area contributed by atoms with Crippen LogP contribution in [0.15, 0.2) is 47.2 Å². The van der Waals surface area contributed by atoms with E-state index in [9.17, 15) is 5.11 Å². The Hall–Kier alpha value is -2.71. The molecule has 0 unspecified atom stereocenters. The van der Waals surface area contributed by atoms with Crippen molar-refractivity contribution >= 4 is 27.4 Å². The van der Waals surface area contributed by atoms with Gasteiger partial charge < -0.3 is 15.0 Å². The molecule has 0 bridgehead atoms. The van der Waals surface area contributed by atoms with E-state index in [0.717, 1.165) is 32.9 Å². The normalized spacial score (nSPS) is 11.9. The smallest absolute Gasteiger partial charge is 0.172 e. The van der Waals surface area contributed by atoms with E-state index in [1.54, 1.807) is 24.6 Å². The van der Waals surface area contributed by atoms with Crippen molar-refractivity contribution in [2.24, 2.45) is 7.05 Å². The number of hydrogen-bond acceptors (Lipinski definition) is 5. The van der Waals surface area contributed by atoms with Gasteiger partial charge in [0.15, 0.2) is 5.65 Å². The van der Waals surface area contributed by atoms with Crippen LogP contribution in [0.1, 0.15) is 30.8 Å². The third kappa shape index (κ3) is 3.77. The third-order valence-electron chi connectivity index (χ3n) is 4.80. The number of nitrogens with one attached hydrogen (secondary N) is 1. The molecule has 0 fully saturated rings. The summed E-state index contributed by atoms with van der Waals surface area (Å²) in [5.41, 5.74) is 3.20. The summed E-state index contributed by atoms with van der Waals surface area (Å²) in [7, 11) is 1.98. The zero-order chi connectivity index (χ0) is 20.8. The Morgan fingerprint density at radius 1 is 1.24 bits per heavy atom. The number of hydrogen-bond donors (Lipinski definition) is 2. The first-order chi connectivity index (χ1) is 13.7. The van der Waals surface area contributed by atoms with Gasteiger partial charge >= 0.3 is 0 Å². The Morgan fingerprint density at radius 2 is 2.03 bits per heavy atom. The van der Waals surface area contributed by atoms with Crippen LogP contribution in [0.4, 0.5) is 5.82 Å². The van der Waals surface area contributed by atoms with Crippen LogP contribution in [0.3, 0.4) is 0 Å². The summed E-state index contributed by atoms with van der Waals surface area (Å²) in [4.78, 5) is 9.02. The molecule has 7 nitrogen and oxygen atoms in total. The fraction of sp³-hybridized carbons (Fsp3) is 0.286. The Labute approximate surface area is 177 Å². The third-order valence-corrected chi connectivity index (χ3v) is 5.73. The number of benzene rings is 1. The molecule has 0 aliphatic heterocycles. The fourth-order valence-electron chi connectivity index (χ4n) is 3.19. The number of aliphatic hydroxyl groups is 1. The number of imidazole rings is 1. The van der Waals surface area contributed by atoms with Gasteiger partial charge in [0.25, 0.3) is 0 Å². The lowest BCUT2D eigenvalue weighted by molar-refractivity contribution is 0.0740. The van der Waals surface area contributed by atoms with Gasteiger partial charge in [0.2, 0.25) is 0 Å². The lowest BCUT2D eigenvalue weighted by atomic mass is 10.1. The standard InChI is InChI=1S/C21H23BrN6O/c1-13-18(22)20-25-16(21(2,3)29)11-17(28(20)26-13)24-12-14-6-5-7-15(10-14)19-23-8-9-27(19)4/h5-11,24,29H,12H2,1-4H3. The van der Waals surface area contributed by atoms with E-state index in [0.29, 0.717) is 17.9 Å². The van der Waals surface area contributed by atoms with Crippen molar-refractivity contribution in [1.82, 2.24) is 24.1 Å². The molecule has 0 saturated carbocycles. The Kier molecular flexibility index (Phi) is 4.92. The van der Waals surface area contributed by atoms with E-state index in [-0.39, 0.29) is 0 Å². The Morgan fingerprint density at radius 3 is 2.72 bits per heavy atom. The molecule has 4 aromatic rings. The van der Waals surface area contributed by atoms with Crippen LogP contribution >= 0.6 is 15.9 Å². The first-order valence-corrected chi connectivity index (χ1v) is 10.1. The minimum absolute atomic E-state index is 0.579. The molecule has 3 heterocycles. The maximum absolute atomic E-state index is 10.5. The first kappa shape index (κ1) is 19.6. The van der Waals surface area contributed by atoms with Crippen molar-refractivity contribution < 1.29 is 5.11 Å². The summed E-state index contributed by atoms with van der Waals surface area (Å²) in [6.07, 6.45) is 3.73. The van der Waals surface area contributed by atoms with Gasteiger partial charge in [0.1, 0.15) is 17.2 Å². The summed E-state index contributed by atoms with van der Waals surface area (Å²) in [5.74, 6) is 1.69. The van der Waals surface area contributed by atoms with E-state index in [4.69, 9.17) is 0 Å². The predicted molar refractivity (Wildman–Crippen MR) is 117 cm³/mol. The number of rotatable bonds is 5. The van der Waals surface area contributed by atoms with Gasteiger partial charge in [-0.1, -0.05) is 18.2 Å². The second-order valence-corrected chi connectivity index (χ2v) is 8.43. The molecule has 0 atom stereocenters. The van der Waals surface area contributed by atoms with Crippen LogP contribution in [0.2, 0.25) is 0 Å². The van der Waals surface area contributed by atoms with Crippen molar-refractivity contribution in [2.75, 3.05) is 5.32 Å². The minimum atomic E-state index is -1.06. The summed E-state index contributed by atoms with van der Waals surface area (Å²) < 4.78 is 4.58. The SMILES string of the molecule is Cc1nn2c(NCc3cccc(-c4nccn4C)c3)cc(C(C)(C)O)nc2c1Br. The van der Waals surface area contributed by atoms with Crippen molar-refractivity contribution in [3.63, 3.8) is 0 Å². The highest BCUT2D eigenvalue weighted by Gasteiger charge is 2.22. The van der Waals surface area contributed by atoms with Gasteiger partial charge in [0, 0.05) is 37.6 Å². The highest BCUT2D eigenvalue weighted by molar-refractivity contribution is 9.10. The summed E-state index contributed by atoms with van der Waals surface area (Å²) in [6.45, 7) is 5.97. The van der Waals surface area contributed by atoms with Gasteiger partial charge in [-0.25, -0.2) is 9.97 Å². The Bertz CT molecular complexity index is 1190. The van der Waals surface area contributed by atoms with E-state index in [1.807, 2.05) is 36.9 Å². The second kappa shape index (κ2) is 7.27. The average Bonchev–Trinajstić information content (AvgIpc) is 3.23. The number of nitrogens with zero attached hydrogens (tertiary/aromatic N) is 5. The monoisotopic (exact) mass is 454 g/mol. The molecule has 0 aliphatic rings. The van der Waals surface area contributed by atoms with Crippen LogP contribution in [-0.4, -0.2) is 29.3 Å². The molecule has 0 spiro atoms. The zero-order valence-electron chi connectivity index (χ0n) is 16.8. The molecule has 1 aromatic carbocycles. The molecule has 4 rings (SSSR count). The molecule has 0 radical (unpaired) electrons. The van der Waals surface area contributed by atoms with Crippen molar-refractivity contribution in [3.05, 3.63) is 64.1 Å². The summed E-state index contributed by atoms with van der Waals surface area (Å²) >= 11 is 3.56.